The van der Waals surface area contributed by atoms with E-state index in [1.165, 1.54) is 0 Å². The van der Waals surface area contributed by atoms with Gasteiger partial charge in [0.2, 0.25) is 5.69 Å². The molecule has 0 N–H and O–H groups in total. The van der Waals surface area contributed by atoms with Crippen LogP contribution in [0.3, 0.4) is 0 Å². The highest BCUT2D eigenvalue weighted by Crippen LogP contribution is 2.59. The number of halogens is 1. The van der Waals surface area contributed by atoms with Crippen molar-refractivity contribution >= 4 is 29.2 Å². The zero-order chi connectivity index (χ0) is 30.9. The van der Waals surface area contributed by atoms with E-state index in [1.54, 1.807) is 18.2 Å². The summed E-state index contributed by atoms with van der Waals surface area (Å²) in [5.41, 5.74) is 1.79. The van der Waals surface area contributed by atoms with Crippen LogP contribution < -0.4 is 4.74 Å². The smallest absolute Gasteiger partial charge is 0.332 e. The van der Waals surface area contributed by atoms with Gasteiger partial charge in [-0.2, -0.15) is 0 Å². The molecule has 2 aliphatic rings. The largest absolute Gasteiger partial charge is 0.489 e. The Labute approximate surface area is 254 Å². The summed E-state index contributed by atoms with van der Waals surface area (Å²) in [6.45, 7) is 22.1. The molecule has 1 amide bonds. The number of benzene rings is 2. The highest BCUT2D eigenvalue weighted by molar-refractivity contribution is 6.33. The lowest BCUT2D eigenvalue weighted by atomic mass is 9.49. The lowest BCUT2D eigenvalue weighted by Gasteiger charge is -2.65. The van der Waals surface area contributed by atoms with Gasteiger partial charge >= 0.3 is 5.97 Å². The zero-order valence-electron chi connectivity index (χ0n) is 25.5. The molecule has 7 nitrogen and oxygen atoms in total. The first-order valence-electron chi connectivity index (χ1n) is 14.2. The second-order valence-electron chi connectivity index (χ2n) is 13.1. The molecule has 2 aromatic carbocycles. The molecule has 0 bridgehead atoms. The van der Waals surface area contributed by atoms with Crippen molar-refractivity contribution in [1.29, 1.82) is 0 Å². The van der Waals surface area contributed by atoms with Crippen LogP contribution in [0.1, 0.15) is 82.8 Å². The Morgan fingerprint density at radius 1 is 1.14 bits per heavy atom. The highest BCUT2D eigenvalue weighted by Gasteiger charge is 2.66. The molecule has 1 aliphatic carbocycles. The third kappa shape index (κ3) is 6.59. The van der Waals surface area contributed by atoms with Crippen LogP contribution in [0.5, 0.6) is 5.75 Å². The summed E-state index contributed by atoms with van der Waals surface area (Å²) < 4.78 is 17.0. The summed E-state index contributed by atoms with van der Waals surface area (Å²) in [5.74, 6) is 6.64. The van der Waals surface area contributed by atoms with Crippen molar-refractivity contribution in [3.63, 3.8) is 0 Å². The summed E-state index contributed by atoms with van der Waals surface area (Å²) in [6, 6.07) is 10.9. The summed E-state index contributed by atoms with van der Waals surface area (Å²) in [5, 5.41) is 0.365. The van der Waals surface area contributed by atoms with Crippen LogP contribution in [0.4, 0.5) is 5.69 Å². The van der Waals surface area contributed by atoms with E-state index >= 15 is 0 Å². The van der Waals surface area contributed by atoms with Crippen LogP contribution in [0.15, 0.2) is 36.4 Å². The number of hydrogen-bond donors (Lipinski definition) is 0. The van der Waals surface area contributed by atoms with Gasteiger partial charge in [-0.3, -0.25) is 4.79 Å². The third-order valence-corrected chi connectivity index (χ3v) is 8.07. The number of ether oxygens (including phenoxy) is 3. The molecule has 4 rings (SSSR count). The Kier molecular flexibility index (Phi) is 8.97. The van der Waals surface area contributed by atoms with Crippen molar-refractivity contribution in [1.82, 2.24) is 4.90 Å². The standard InChI is InChI=1S/C34H39ClN2O5/c1-32(2,3)42-28(38)21-40-17-11-9-10-12-22-13-15-25-23(18-22)20-37(29(25)39)30-33(4,5)31(34(30,6)7)41-24-14-16-27(36-8)26(35)19-24/h13-16,18-19,30-31H,9,11,17,20-21H2,1-7H3. The van der Waals surface area contributed by atoms with Crippen molar-refractivity contribution in [2.45, 2.75) is 85.6 Å². The Morgan fingerprint density at radius 2 is 1.86 bits per heavy atom. The fourth-order valence-corrected chi connectivity index (χ4v) is 6.80. The van der Waals surface area contributed by atoms with Crippen molar-refractivity contribution in [3.05, 3.63) is 69.5 Å². The van der Waals surface area contributed by atoms with Gasteiger partial charge in [-0.05, 0) is 63.1 Å². The molecule has 42 heavy (non-hydrogen) atoms. The minimum Gasteiger partial charge on any atom is -0.489 e. The zero-order valence-corrected chi connectivity index (χ0v) is 26.2. The Hall–Kier alpha value is -3.52. The number of hydrogen-bond acceptors (Lipinski definition) is 5. The number of unbranched alkanes of at least 4 members (excludes halogenated alkanes) is 1. The molecule has 222 valence electrons. The number of amides is 1. The topological polar surface area (TPSA) is 69.4 Å². The maximum atomic E-state index is 13.5. The molecule has 0 radical (unpaired) electrons. The lowest BCUT2D eigenvalue weighted by Crippen LogP contribution is -2.74. The van der Waals surface area contributed by atoms with Gasteiger partial charge in [0, 0.05) is 47.6 Å². The normalized spacial score (nSPS) is 20.1. The van der Waals surface area contributed by atoms with E-state index in [0.29, 0.717) is 48.0 Å². The molecule has 1 fully saturated rings. The summed E-state index contributed by atoms with van der Waals surface area (Å²) in [4.78, 5) is 30.6. The minimum absolute atomic E-state index is 0.0284. The van der Waals surface area contributed by atoms with Gasteiger partial charge in [0.15, 0.2) is 0 Å². The van der Waals surface area contributed by atoms with Gasteiger partial charge in [-0.25, -0.2) is 9.64 Å². The number of esters is 1. The molecule has 0 saturated heterocycles. The van der Waals surface area contributed by atoms with Crippen LogP contribution in [-0.2, 0) is 20.8 Å². The van der Waals surface area contributed by atoms with E-state index in [0.717, 1.165) is 11.1 Å². The fraction of sp³-hybridized carbons (Fsp3) is 0.500. The van der Waals surface area contributed by atoms with E-state index in [-0.39, 0.29) is 41.5 Å². The van der Waals surface area contributed by atoms with Gasteiger partial charge in [-0.15, -0.1) is 0 Å². The van der Waals surface area contributed by atoms with E-state index in [1.807, 2.05) is 43.9 Å². The van der Waals surface area contributed by atoms with Crippen molar-refractivity contribution < 1.29 is 23.8 Å². The van der Waals surface area contributed by atoms with E-state index in [2.05, 4.69) is 44.4 Å². The first-order valence-corrected chi connectivity index (χ1v) is 14.6. The highest BCUT2D eigenvalue weighted by atomic mass is 35.5. The van der Waals surface area contributed by atoms with Crippen molar-refractivity contribution in [2.24, 2.45) is 10.8 Å². The lowest BCUT2D eigenvalue weighted by molar-refractivity contribution is -0.199. The molecule has 0 aromatic heterocycles. The van der Waals surface area contributed by atoms with Gasteiger partial charge in [-0.1, -0.05) is 57.2 Å². The summed E-state index contributed by atoms with van der Waals surface area (Å²) in [6.07, 6.45) is 1.18. The minimum atomic E-state index is -0.520. The van der Waals surface area contributed by atoms with Gasteiger partial charge in [0.05, 0.1) is 11.6 Å². The fourth-order valence-electron chi connectivity index (χ4n) is 6.59. The summed E-state index contributed by atoms with van der Waals surface area (Å²) in [7, 11) is 0. The molecule has 1 heterocycles. The maximum Gasteiger partial charge on any atom is 0.332 e. The average molecular weight is 591 g/mol. The average Bonchev–Trinajstić information content (AvgIpc) is 3.19. The van der Waals surface area contributed by atoms with Crippen LogP contribution in [0.2, 0.25) is 5.02 Å². The first kappa shape index (κ1) is 31.4. The predicted octanol–water partition coefficient (Wildman–Crippen LogP) is 7.22. The number of carbonyl (C=O) groups is 2. The van der Waals surface area contributed by atoms with Crippen LogP contribution in [0, 0.1) is 29.2 Å². The van der Waals surface area contributed by atoms with Gasteiger partial charge < -0.3 is 19.1 Å². The maximum absolute atomic E-state index is 13.5. The summed E-state index contributed by atoms with van der Waals surface area (Å²) >= 11 is 6.24. The number of rotatable bonds is 8. The molecule has 0 atom stereocenters. The SMILES string of the molecule is [C-]#[N+]c1ccc(OC2C(C)(C)C(N3Cc4cc(C#CCCCOCC(=O)OC(C)(C)C)ccc4C3=O)C2(C)C)cc1Cl. The third-order valence-electron chi connectivity index (χ3n) is 7.77. The van der Waals surface area contributed by atoms with Crippen LogP contribution >= 0.6 is 11.6 Å². The molecule has 1 aliphatic heterocycles. The van der Waals surface area contributed by atoms with Gasteiger partial charge in [0.25, 0.3) is 5.91 Å². The molecule has 2 aromatic rings. The number of nitrogens with zero attached hydrogens (tertiary/aromatic N) is 2. The van der Waals surface area contributed by atoms with Crippen molar-refractivity contribution in [3.8, 4) is 17.6 Å². The van der Waals surface area contributed by atoms with E-state index in [4.69, 9.17) is 32.4 Å². The van der Waals surface area contributed by atoms with E-state index in [9.17, 15) is 9.59 Å². The molecule has 0 spiro atoms. The Morgan fingerprint density at radius 3 is 2.50 bits per heavy atom. The Balaban J connectivity index is 1.34. The van der Waals surface area contributed by atoms with Crippen LogP contribution in [0.25, 0.3) is 4.85 Å². The Bertz CT molecular complexity index is 1460. The molecule has 0 unspecified atom stereocenters. The van der Waals surface area contributed by atoms with Gasteiger partial charge in [0.1, 0.15) is 24.1 Å². The number of fused-ring (bicyclic) bond motifs is 1. The molecular formula is C34H39ClN2O5. The predicted molar refractivity (Wildman–Crippen MR) is 163 cm³/mol. The second kappa shape index (κ2) is 12.0. The molecule has 1 saturated carbocycles. The number of carbonyl (C=O) groups excluding carboxylic acids is 2. The second-order valence-corrected chi connectivity index (χ2v) is 13.5. The first-order chi connectivity index (χ1) is 19.6. The molecular weight excluding hydrogens is 552 g/mol. The molecule has 8 heteroatoms. The quantitative estimate of drug-likeness (QED) is 0.140. The van der Waals surface area contributed by atoms with Crippen LogP contribution in [-0.4, -0.2) is 47.7 Å². The monoisotopic (exact) mass is 590 g/mol. The van der Waals surface area contributed by atoms with E-state index < -0.39 is 5.60 Å². The van der Waals surface area contributed by atoms with Crippen molar-refractivity contribution in [2.75, 3.05) is 13.2 Å².